The molecule has 1 saturated heterocycles. The molecule has 2 aromatic rings. The molecule has 0 N–H and O–H groups in total. The van der Waals surface area contributed by atoms with E-state index < -0.39 is 10.0 Å². The molecule has 2 aromatic carbocycles. The zero-order chi connectivity index (χ0) is 20.5. The van der Waals surface area contributed by atoms with E-state index in [0.29, 0.717) is 47.7 Å². The third-order valence-corrected chi connectivity index (χ3v) is 7.60. The highest BCUT2D eigenvalue weighted by molar-refractivity contribution is 7.89. The summed E-state index contributed by atoms with van der Waals surface area (Å²) in [4.78, 5) is 2.57. The van der Waals surface area contributed by atoms with E-state index >= 15 is 0 Å². The standard InChI is InChI=1S/C21H26Cl2N2O2S/c1-21(2,3)17-5-8-19(9-6-17)28(26,27)25-12-10-24(11-13-25)15-16-4-7-18(22)14-20(16)23/h4-9,14H,10-13,15H2,1-3H3. The Balaban J connectivity index is 1.65. The van der Waals surface area contributed by atoms with Gasteiger partial charge in [0.05, 0.1) is 4.90 Å². The molecule has 0 atom stereocenters. The fourth-order valence-electron chi connectivity index (χ4n) is 3.29. The summed E-state index contributed by atoms with van der Waals surface area (Å²) in [6.07, 6.45) is 0. The van der Waals surface area contributed by atoms with Gasteiger partial charge in [-0.1, -0.05) is 62.2 Å². The Morgan fingerprint density at radius 3 is 2.07 bits per heavy atom. The summed E-state index contributed by atoms with van der Waals surface area (Å²) >= 11 is 12.2. The lowest BCUT2D eigenvalue weighted by atomic mass is 9.87. The van der Waals surface area contributed by atoms with E-state index in [4.69, 9.17) is 23.2 Å². The minimum absolute atomic E-state index is 0.00312. The topological polar surface area (TPSA) is 40.6 Å². The average Bonchev–Trinajstić information content (AvgIpc) is 2.64. The van der Waals surface area contributed by atoms with Crippen molar-refractivity contribution < 1.29 is 8.42 Å². The van der Waals surface area contributed by atoms with E-state index in [1.54, 1.807) is 22.5 Å². The maximum atomic E-state index is 13.0. The number of hydrogen-bond donors (Lipinski definition) is 0. The van der Waals surface area contributed by atoms with Crippen LogP contribution in [-0.2, 0) is 22.0 Å². The van der Waals surface area contributed by atoms with Gasteiger partial charge in [0.2, 0.25) is 10.0 Å². The minimum atomic E-state index is -3.47. The number of hydrogen-bond acceptors (Lipinski definition) is 3. The van der Waals surface area contributed by atoms with Crippen molar-refractivity contribution in [2.24, 2.45) is 0 Å². The van der Waals surface area contributed by atoms with E-state index in [9.17, 15) is 8.42 Å². The molecule has 1 fully saturated rings. The number of sulfonamides is 1. The van der Waals surface area contributed by atoms with Gasteiger partial charge in [0, 0.05) is 42.8 Å². The first kappa shape index (κ1) is 21.6. The second-order valence-electron chi connectivity index (χ2n) is 8.19. The Hall–Kier alpha value is -1.11. The first-order valence-corrected chi connectivity index (χ1v) is 11.5. The molecule has 1 aliphatic heterocycles. The fraction of sp³-hybridized carbons (Fsp3) is 0.429. The molecule has 0 bridgehead atoms. The van der Waals surface area contributed by atoms with Crippen LogP contribution in [0.3, 0.4) is 0 Å². The van der Waals surface area contributed by atoms with Gasteiger partial charge in [-0.2, -0.15) is 4.31 Å². The fourth-order valence-corrected chi connectivity index (χ4v) is 5.19. The van der Waals surface area contributed by atoms with Crippen molar-refractivity contribution in [1.29, 1.82) is 0 Å². The van der Waals surface area contributed by atoms with Crippen molar-refractivity contribution in [3.05, 3.63) is 63.6 Å². The van der Waals surface area contributed by atoms with Crippen molar-refractivity contribution in [2.75, 3.05) is 26.2 Å². The van der Waals surface area contributed by atoms with E-state index in [1.165, 1.54) is 0 Å². The normalized spacial score (nSPS) is 17.0. The predicted octanol–water partition coefficient (Wildman–Crippen LogP) is 4.80. The Morgan fingerprint density at radius 2 is 1.54 bits per heavy atom. The Kier molecular flexibility index (Phi) is 6.42. The van der Waals surface area contributed by atoms with Crippen LogP contribution in [-0.4, -0.2) is 43.8 Å². The van der Waals surface area contributed by atoms with E-state index in [1.807, 2.05) is 24.3 Å². The van der Waals surface area contributed by atoms with E-state index in [2.05, 4.69) is 25.7 Å². The van der Waals surface area contributed by atoms with Gasteiger partial charge < -0.3 is 0 Å². The first-order valence-electron chi connectivity index (χ1n) is 9.34. The molecule has 0 radical (unpaired) electrons. The molecule has 0 aromatic heterocycles. The van der Waals surface area contributed by atoms with Crippen molar-refractivity contribution in [3.63, 3.8) is 0 Å². The second kappa shape index (κ2) is 8.33. The van der Waals surface area contributed by atoms with Gasteiger partial charge in [-0.3, -0.25) is 4.90 Å². The summed E-state index contributed by atoms with van der Waals surface area (Å²) in [5.74, 6) is 0. The monoisotopic (exact) mass is 440 g/mol. The maximum absolute atomic E-state index is 13.0. The van der Waals surface area contributed by atoms with Crippen LogP contribution in [0.25, 0.3) is 0 Å². The quantitative estimate of drug-likeness (QED) is 0.685. The lowest BCUT2D eigenvalue weighted by molar-refractivity contribution is 0.181. The van der Waals surface area contributed by atoms with Crippen LogP contribution in [0, 0.1) is 0 Å². The molecule has 0 saturated carbocycles. The third-order valence-electron chi connectivity index (χ3n) is 5.10. The molecule has 3 rings (SSSR count). The molecule has 1 heterocycles. The Labute approximate surface area is 178 Å². The van der Waals surface area contributed by atoms with Crippen LogP contribution in [0.5, 0.6) is 0 Å². The smallest absolute Gasteiger partial charge is 0.243 e. The molecule has 28 heavy (non-hydrogen) atoms. The summed E-state index contributed by atoms with van der Waals surface area (Å²) < 4.78 is 27.5. The van der Waals surface area contributed by atoms with Crippen molar-refractivity contribution >= 4 is 33.2 Å². The molecule has 0 spiro atoms. The Bertz CT molecular complexity index is 930. The van der Waals surface area contributed by atoms with Crippen molar-refractivity contribution in [3.8, 4) is 0 Å². The van der Waals surface area contributed by atoms with Crippen LogP contribution in [0.4, 0.5) is 0 Å². The van der Waals surface area contributed by atoms with Gasteiger partial charge >= 0.3 is 0 Å². The highest BCUT2D eigenvalue weighted by Gasteiger charge is 2.29. The third kappa shape index (κ3) is 4.89. The van der Waals surface area contributed by atoms with Crippen LogP contribution >= 0.6 is 23.2 Å². The summed E-state index contributed by atoms with van der Waals surface area (Å²) in [7, 11) is -3.47. The molecular weight excluding hydrogens is 415 g/mol. The average molecular weight is 441 g/mol. The SMILES string of the molecule is CC(C)(C)c1ccc(S(=O)(=O)N2CCN(Cc3ccc(Cl)cc3Cl)CC2)cc1. The number of nitrogens with zero attached hydrogens (tertiary/aromatic N) is 2. The molecule has 0 amide bonds. The van der Waals surface area contributed by atoms with Gasteiger partial charge in [-0.05, 0) is 40.8 Å². The first-order chi connectivity index (χ1) is 13.1. The summed E-state index contributed by atoms with van der Waals surface area (Å²) in [6, 6.07) is 12.7. The summed E-state index contributed by atoms with van der Waals surface area (Å²) in [5, 5.41) is 1.25. The predicted molar refractivity (Wildman–Crippen MR) is 116 cm³/mol. The Morgan fingerprint density at radius 1 is 0.929 bits per heavy atom. The van der Waals surface area contributed by atoms with Gasteiger partial charge in [0.25, 0.3) is 0 Å². The molecular formula is C21H26Cl2N2O2S. The van der Waals surface area contributed by atoms with Gasteiger partial charge in [0.15, 0.2) is 0 Å². The lowest BCUT2D eigenvalue weighted by Gasteiger charge is -2.34. The molecule has 4 nitrogen and oxygen atoms in total. The highest BCUT2D eigenvalue weighted by Crippen LogP contribution is 2.26. The molecule has 1 aliphatic rings. The van der Waals surface area contributed by atoms with Crippen LogP contribution in [0.1, 0.15) is 31.9 Å². The second-order valence-corrected chi connectivity index (χ2v) is 11.0. The maximum Gasteiger partial charge on any atom is 0.243 e. The summed E-state index contributed by atoms with van der Waals surface area (Å²) in [6.45, 7) is 9.29. The summed E-state index contributed by atoms with van der Waals surface area (Å²) in [5.41, 5.74) is 2.12. The molecule has 0 unspecified atom stereocenters. The molecule has 152 valence electrons. The lowest BCUT2D eigenvalue weighted by Crippen LogP contribution is -2.48. The number of piperazine rings is 1. The number of rotatable bonds is 4. The van der Waals surface area contributed by atoms with Gasteiger partial charge in [-0.15, -0.1) is 0 Å². The molecule has 0 aliphatic carbocycles. The number of benzene rings is 2. The van der Waals surface area contributed by atoms with E-state index in [-0.39, 0.29) is 5.41 Å². The van der Waals surface area contributed by atoms with Crippen molar-refractivity contribution in [2.45, 2.75) is 37.6 Å². The van der Waals surface area contributed by atoms with E-state index in [0.717, 1.165) is 11.1 Å². The van der Waals surface area contributed by atoms with Gasteiger partial charge in [0.1, 0.15) is 0 Å². The van der Waals surface area contributed by atoms with Crippen LogP contribution in [0.15, 0.2) is 47.4 Å². The van der Waals surface area contributed by atoms with Crippen molar-refractivity contribution in [1.82, 2.24) is 9.21 Å². The highest BCUT2D eigenvalue weighted by atomic mass is 35.5. The number of halogens is 2. The molecule has 7 heteroatoms. The van der Waals surface area contributed by atoms with Crippen LogP contribution in [0.2, 0.25) is 10.0 Å². The van der Waals surface area contributed by atoms with Crippen LogP contribution < -0.4 is 0 Å². The zero-order valence-electron chi connectivity index (χ0n) is 16.5. The minimum Gasteiger partial charge on any atom is -0.296 e. The zero-order valence-corrected chi connectivity index (χ0v) is 18.8. The largest absolute Gasteiger partial charge is 0.296 e. The van der Waals surface area contributed by atoms with Gasteiger partial charge in [-0.25, -0.2) is 8.42 Å².